The summed E-state index contributed by atoms with van der Waals surface area (Å²) < 4.78 is 40.4. The molecule has 7 nitrogen and oxygen atoms in total. The van der Waals surface area contributed by atoms with Crippen molar-refractivity contribution >= 4 is 44.2 Å². The lowest BCUT2D eigenvalue weighted by Gasteiger charge is -2.32. The molecule has 198 valence electrons. The van der Waals surface area contributed by atoms with E-state index in [1.807, 2.05) is 16.7 Å². The van der Waals surface area contributed by atoms with Crippen LogP contribution >= 0.6 is 11.3 Å². The minimum absolute atomic E-state index is 0.176. The van der Waals surface area contributed by atoms with Crippen molar-refractivity contribution in [2.45, 2.75) is 51.0 Å². The van der Waals surface area contributed by atoms with Gasteiger partial charge in [0.05, 0.1) is 17.5 Å². The summed E-state index contributed by atoms with van der Waals surface area (Å²) in [6, 6.07) is 9.94. The van der Waals surface area contributed by atoms with Crippen LogP contribution in [0.15, 0.2) is 36.7 Å². The van der Waals surface area contributed by atoms with Gasteiger partial charge in [0, 0.05) is 54.4 Å². The number of likely N-dealkylation sites (tertiary alicyclic amines) is 1. The Balaban J connectivity index is 1.21. The average Bonchev–Trinajstić information content (AvgIpc) is 3.43. The number of nitrogens with one attached hydrogen (secondary N) is 1. The number of hydrogen-bond acceptors (Lipinski definition) is 6. The van der Waals surface area contributed by atoms with Crippen molar-refractivity contribution < 1.29 is 18.0 Å². The largest absolute Gasteiger partial charge is 0.393 e. The van der Waals surface area contributed by atoms with Gasteiger partial charge in [-0.1, -0.05) is 12.0 Å². The van der Waals surface area contributed by atoms with E-state index in [0.29, 0.717) is 22.6 Å². The van der Waals surface area contributed by atoms with E-state index in [2.05, 4.69) is 38.2 Å². The lowest BCUT2D eigenvalue weighted by molar-refractivity contribution is -0.126. The van der Waals surface area contributed by atoms with Gasteiger partial charge in [0.25, 0.3) is 0 Å². The average molecular weight is 541 g/mol. The highest BCUT2D eigenvalue weighted by molar-refractivity contribution is 7.18. The van der Waals surface area contributed by atoms with Crippen LogP contribution in [0.2, 0.25) is 0 Å². The van der Waals surface area contributed by atoms with Gasteiger partial charge in [0.15, 0.2) is 0 Å². The Hall–Kier alpha value is -3.62. The molecule has 0 radical (unpaired) electrons. The third-order valence-corrected chi connectivity index (χ3v) is 7.83. The fourth-order valence-electron chi connectivity index (χ4n) is 4.99. The number of alkyl halides is 3. The topological polar surface area (TPSA) is 89.1 Å². The molecule has 1 amide bonds. The van der Waals surface area contributed by atoms with E-state index in [0.717, 1.165) is 60.4 Å². The number of nitrogens with two attached hydrogens (primary N) is 1. The van der Waals surface area contributed by atoms with E-state index in [1.54, 1.807) is 6.07 Å². The number of aryl methyl sites for hydroxylation is 1. The number of aromatic nitrogens is 3. The van der Waals surface area contributed by atoms with E-state index in [9.17, 15) is 18.0 Å². The van der Waals surface area contributed by atoms with E-state index in [4.69, 9.17) is 12.2 Å². The van der Waals surface area contributed by atoms with Crippen LogP contribution < -0.4 is 11.1 Å². The van der Waals surface area contributed by atoms with Gasteiger partial charge < -0.3 is 15.6 Å². The molecular formula is C27H27F3N6OS. The Labute approximate surface area is 221 Å². The Bertz CT molecular complexity index is 1510. The minimum atomic E-state index is -4.25. The molecule has 3 N–H and O–H groups in total. The number of benzene rings is 1. The second kappa shape index (κ2) is 10.6. The Morgan fingerprint density at radius 1 is 1.21 bits per heavy atom. The summed E-state index contributed by atoms with van der Waals surface area (Å²) in [4.78, 5) is 22.9. The molecule has 3 aromatic heterocycles. The number of carbonyl (C=O) groups is 1. The maximum atomic E-state index is 12.8. The molecule has 1 aliphatic heterocycles. The highest BCUT2D eigenvalue weighted by Gasteiger charge is 2.29. The number of rotatable bonds is 8. The van der Waals surface area contributed by atoms with Gasteiger partial charge in [-0.15, -0.1) is 17.8 Å². The van der Waals surface area contributed by atoms with Gasteiger partial charge in [0.1, 0.15) is 17.0 Å². The number of thiophene rings is 1. The molecule has 1 saturated heterocycles. The number of amides is 1. The van der Waals surface area contributed by atoms with Gasteiger partial charge in [-0.05, 0) is 42.7 Å². The maximum Gasteiger partial charge on any atom is 0.393 e. The molecule has 0 saturated carbocycles. The van der Waals surface area contributed by atoms with Crippen LogP contribution in [0.5, 0.6) is 0 Å². The molecule has 0 atom stereocenters. The summed E-state index contributed by atoms with van der Waals surface area (Å²) in [5, 5.41) is 5.11. The van der Waals surface area contributed by atoms with Crippen LogP contribution in [-0.4, -0.2) is 50.6 Å². The number of hydrogen-bond donors (Lipinski definition) is 2. The number of primary amides is 1. The van der Waals surface area contributed by atoms with Crippen LogP contribution in [0.3, 0.4) is 0 Å². The lowest BCUT2D eigenvalue weighted by Crippen LogP contribution is -2.38. The molecule has 0 spiro atoms. The molecule has 0 unspecified atom stereocenters. The number of carbonyl (C=O) groups excluding carboxylic acids is 1. The Kier molecular flexibility index (Phi) is 7.27. The summed E-state index contributed by atoms with van der Waals surface area (Å²) >= 11 is 1.06. The van der Waals surface area contributed by atoms with Crippen LogP contribution in [0.25, 0.3) is 21.1 Å². The van der Waals surface area contributed by atoms with Crippen molar-refractivity contribution in [1.29, 1.82) is 0 Å². The van der Waals surface area contributed by atoms with Gasteiger partial charge >= 0.3 is 6.18 Å². The molecule has 38 heavy (non-hydrogen) atoms. The van der Waals surface area contributed by atoms with Crippen molar-refractivity contribution in [3.8, 4) is 12.3 Å². The third-order valence-electron chi connectivity index (χ3n) is 6.79. The van der Waals surface area contributed by atoms with Gasteiger partial charge in [-0.3, -0.25) is 9.69 Å². The maximum absolute atomic E-state index is 12.8. The van der Waals surface area contributed by atoms with Crippen molar-refractivity contribution in [2.75, 3.05) is 18.4 Å². The van der Waals surface area contributed by atoms with E-state index >= 15 is 0 Å². The predicted molar refractivity (Wildman–Crippen MR) is 143 cm³/mol. The fourth-order valence-corrected chi connectivity index (χ4v) is 6.02. The number of halogens is 3. The van der Waals surface area contributed by atoms with Crippen molar-refractivity contribution in [3.63, 3.8) is 0 Å². The van der Waals surface area contributed by atoms with Crippen LogP contribution in [0.4, 0.5) is 19.0 Å². The molecule has 0 aliphatic carbocycles. The van der Waals surface area contributed by atoms with Crippen LogP contribution in [0.1, 0.15) is 35.4 Å². The van der Waals surface area contributed by atoms with Crippen LogP contribution in [-0.2, 0) is 24.3 Å². The number of nitrogens with zero attached hydrogens (tertiary/aromatic N) is 4. The second-order valence-electron chi connectivity index (χ2n) is 9.58. The zero-order valence-electron chi connectivity index (χ0n) is 20.6. The first-order valence-electron chi connectivity index (χ1n) is 12.3. The fraction of sp³-hybridized carbons (Fsp3) is 0.370. The quantitative estimate of drug-likeness (QED) is 0.317. The van der Waals surface area contributed by atoms with Crippen molar-refractivity contribution in [2.24, 2.45) is 5.73 Å². The summed E-state index contributed by atoms with van der Waals surface area (Å²) in [6.45, 7) is 3.00. The van der Waals surface area contributed by atoms with Gasteiger partial charge in [-0.25, -0.2) is 9.97 Å². The Morgan fingerprint density at radius 2 is 2.00 bits per heavy atom. The molecule has 1 aliphatic rings. The SMILES string of the molecule is C#Cc1cc2cc(CN3CCC(Nc4ncnc5sc(CC(F)(F)F)cc45)CC3)ccc2n1CCC(N)=O. The smallest absolute Gasteiger partial charge is 0.370 e. The summed E-state index contributed by atoms with van der Waals surface area (Å²) in [7, 11) is 0. The third kappa shape index (κ3) is 5.92. The summed E-state index contributed by atoms with van der Waals surface area (Å²) in [5.41, 5.74) is 8.19. The second-order valence-corrected chi connectivity index (χ2v) is 10.7. The molecule has 5 rings (SSSR count). The van der Waals surface area contributed by atoms with Gasteiger partial charge in [0.2, 0.25) is 5.91 Å². The number of terminal acetylenes is 1. The molecule has 1 aromatic carbocycles. The first-order valence-corrected chi connectivity index (χ1v) is 13.2. The number of fused-ring (bicyclic) bond motifs is 2. The van der Waals surface area contributed by atoms with Crippen molar-refractivity contribution in [3.05, 3.63) is 52.8 Å². The Morgan fingerprint density at radius 3 is 2.71 bits per heavy atom. The molecule has 11 heteroatoms. The molecule has 0 bridgehead atoms. The highest BCUT2D eigenvalue weighted by Crippen LogP contribution is 2.33. The normalized spacial score (nSPS) is 15.2. The zero-order chi connectivity index (χ0) is 26.9. The molecule has 1 fully saturated rings. The highest BCUT2D eigenvalue weighted by atomic mass is 32.1. The van der Waals surface area contributed by atoms with Gasteiger partial charge in [-0.2, -0.15) is 13.2 Å². The number of anilines is 1. The van der Waals surface area contributed by atoms with E-state index in [1.165, 1.54) is 11.9 Å². The first-order chi connectivity index (χ1) is 18.2. The monoisotopic (exact) mass is 540 g/mol. The summed E-state index contributed by atoms with van der Waals surface area (Å²) in [6.07, 6.45) is 3.87. The van der Waals surface area contributed by atoms with E-state index < -0.39 is 12.6 Å². The van der Waals surface area contributed by atoms with E-state index in [-0.39, 0.29) is 23.2 Å². The minimum Gasteiger partial charge on any atom is -0.370 e. The van der Waals surface area contributed by atoms with Crippen LogP contribution in [0, 0.1) is 12.3 Å². The number of piperidine rings is 1. The molecular weight excluding hydrogens is 513 g/mol. The summed E-state index contributed by atoms with van der Waals surface area (Å²) in [5.74, 6) is 2.92. The lowest BCUT2D eigenvalue weighted by atomic mass is 10.0. The molecule has 4 heterocycles. The zero-order valence-corrected chi connectivity index (χ0v) is 21.4. The standard InChI is InChI=1S/C27H27F3N6OS/c1-2-20-12-18-11-17(3-4-23(18)36(20)10-7-24(31)37)15-35-8-5-19(6-9-35)34-25-22-13-21(14-27(28,29)30)38-26(22)33-16-32-25/h1,3-4,11-13,16,19H,5-10,14-15H2,(H2,31,37)(H,32,33,34). The molecule has 4 aromatic rings. The van der Waals surface area contributed by atoms with Crippen molar-refractivity contribution in [1.82, 2.24) is 19.4 Å². The predicted octanol–water partition coefficient (Wildman–Crippen LogP) is 4.68. The first kappa shape index (κ1) is 26.0.